The predicted molar refractivity (Wildman–Crippen MR) is 150 cm³/mol. The van der Waals surface area contributed by atoms with Crippen molar-refractivity contribution in [1.29, 1.82) is 0 Å². The summed E-state index contributed by atoms with van der Waals surface area (Å²) in [5.74, 6) is -0.240. The van der Waals surface area contributed by atoms with Crippen molar-refractivity contribution in [2.45, 2.75) is 37.9 Å². The lowest BCUT2D eigenvalue weighted by molar-refractivity contribution is -0.274. The van der Waals surface area contributed by atoms with E-state index in [0.29, 0.717) is 11.1 Å². The van der Waals surface area contributed by atoms with Crippen LogP contribution >= 0.6 is 0 Å². The Morgan fingerprint density at radius 3 is 2.09 bits per heavy atom. The number of aryl methyl sites for hydroxylation is 2. The summed E-state index contributed by atoms with van der Waals surface area (Å²) in [6, 6.07) is 14.6. The molecule has 0 atom stereocenters. The van der Waals surface area contributed by atoms with Crippen molar-refractivity contribution in [2.24, 2.45) is 0 Å². The van der Waals surface area contributed by atoms with Crippen LogP contribution in [-0.4, -0.2) is 40.9 Å². The van der Waals surface area contributed by atoms with Crippen LogP contribution in [0.1, 0.15) is 22.8 Å². The quantitative estimate of drug-likeness (QED) is 0.184. The van der Waals surface area contributed by atoms with Gasteiger partial charge in [0.2, 0.25) is 0 Å². The van der Waals surface area contributed by atoms with Crippen LogP contribution in [0.3, 0.4) is 0 Å². The number of hydrogen-bond donors (Lipinski definition) is 1. The smallest absolute Gasteiger partial charge is 0.440 e. The van der Waals surface area contributed by atoms with Crippen LogP contribution in [0.2, 0.25) is 0 Å². The minimum Gasteiger partial charge on any atom is -0.440 e. The third kappa shape index (κ3) is 6.73. The fourth-order valence-corrected chi connectivity index (χ4v) is 5.72. The third-order valence-corrected chi connectivity index (χ3v) is 7.89. The maximum absolute atomic E-state index is 13.6. The van der Waals surface area contributed by atoms with Gasteiger partial charge >= 0.3 is 12.5 Å². The Labute approximate surface area is 252 Å². The molecule has 0 radical (unpaired) electrons. The number of benzene rings is 3. The number of ether oxygens (including phenoxy) is 1. The lowest BCUT2D eigenvalue weighted by atomic mass is 9.97. The Bertz CT molecular complexity index is 2000. The average molecular weight is 652 g/mol. The van der Waals surface area contributed by atoms with Gasteiger partial charge in [-0.15, -0.1) is 13.2 Å². The summed E-state index contributed by atoms with van der Waals surface area (Å²) in [7, 11) is -3.75. The van der Waals surface area contributed by atoms with Gasteiger partial charge in [-0.05, 0) is 72.1 Å². The van der Waals surface area contributed by atoms with E-state index in [1.807, 2.05) is 0 Å². The summed E-state index contributed by atoms with van der Waals surface area (Å²) >= 11 is 0. The number of hydrogen-bond acceptors (Lipinski definition) is 7. The van der Waals surface area contributed by atoms with Gasteiger partial charge in [-0.3, -0.25) is 0 Å². The minimum absolute atomic E-state index is 0.0952. The molecule has 236 valence electrons. The van der Waals surface area contributed by atoms with Gasteiger partial charge in [0.15, 0.2) is 27.2 Å². The second kappa shape index (κ2) is 11.4. The van der Waals surface area contributed by atoms with Crippen molar-refractivity contribution in [3.63, 3.8) is 0 Å². The number of nitrogens with zero attached hydrogens (tertiary/aromatic N) is 3. The van der Waals surface area contributed by atoms with E-state index in [2.05, 4.69) is 14.8 Å². The Kier molecular flexibility index (Phi) is 8.04. The van der Waals surface area contributed by atoms with E-state index in [4.69, 9.17) is 4.42 Å². The van der Waals surface area contributed by atoms with Crippen LogP contribution in [0.25, 0.3) is 39.4 Å². The highest BCUT2D eigenvalue weighted by atomic mass is 32.2. The first-order chi connectivity index (χ1) is 20.9. The van der Waals surface area contributed by atoms with Crippen molar-refractivity contribution >= 4 is 9.84 Å². The Hall–Kier alpha value is -4.63. The molecule has 0 aliphatic rings. The van der Waals surface area contributed by atoms with Gasteiger partial charge in [0.25, 0.3) is 0 Å². The number of aliphatic hydroxyl groups excluding tert-OH is 1. The third-order valence-electron chi connectivity index (χ3n) is 6.71. The fourth-order valence-electron chi connectivity index (χ4n) is 4.77. The monoisotopic (exact) mass is 651 g/mol. The molecule has 2 heterocycles. The summed E-state index contributed by atoms with van der Waals surface area (Å²) in [4.78, 5) is 4.35. The topological polar surface area (TPSA) is 107 Å². The van der Waals surface area contributed by atoms with Crippen LogP contribution < -0.4 is 4.74 Å². The summed E-state index contributed by atoms with van der Waals surface area (Å²) in [6.07, 6.45) is -8.65. The van der Waals surface area contributed by atoms with E-state index in [0.717, 1.165) is 29.1 Å². The first-order valence-corrected chi connectivity index (χ1v) is 14.9. The maximum atomic E-state index is 13.6. The number of aliphatic hydroxyl groups is 1. The summed E-state index contributed by atoms with van der Waals surface area (Å²) in [5.41, 5.74) is 0.827. The Morgan fingerprint density at radius 1 is 0.889 bits per heavy atom. The maximum Gasteiger partial charge on any atom is 0.573 e. The van der Waals surface area contributed by atoms with Crippen molar-refractivity contribution in [2.75, 3.05) is 6.26 Å². The number of sulfone groups is 1. The second-order valence-electron chi connectivity index (χ2n) is 10.0. The molecule has 0 spiro atoms. The van der Waals surface area contributed by atoms with Crippen LogP contribution in [0.4, 0.5) is 26.3 Å². The Morgan fingerprint density at radius 2 is 1.51 bits per heavy atom. The van der Waals surface area contributed by atoms with Gasteiger partial charge in [0, 0.05) is 30.0 Å². The minimum atomic E-state index is -4.91. The van der Waals surface area contributed by atoms with E-state index < -0.39 is 40.4 Å². The molecule has 1 N–H and O–H groups in total. The van der Waals surface area contributed by atoms with E-state index in [1.54, 1.807) is 18.2 Å². The lowest BCUT2D eigenvalue weighted by Gasteiger charge is -2.15. The molecule has 3 aromatic carbocycles. The van der Waals surface area contributed by atoms with Gasteiger partial charge in [-0.25, -0.2) is 18.1 Å². The van der Waals surface area contributed by atoms with Gasteiger partial charge in [-0.2, -0.15) is 18.3 Å². The molecule has 0 aliphatic heterocycles. The van der Waals surface area contributed by atoms with Gasteiger partial charge in [0.1, 0.15) is 11.4 Å². The molecule has 0 fully saturated rings. The van der Waals surface area contributed by atoms with Gasteiger partial charge < -0.3 is 14.3 Å². The normalized spacial score (nSPS) is 12.5. The molecule has 2 aromatic heterocycles. The van der Waals surface area contributed by atoms with E-state index >= 15 is 0 Å². The van der Waals surface area contributed by atoms with Crippen molar-refractivity contribution in [3.8, 4) is 45.1 Å². The van der Waals surface area contributed by atoms with Gasteiger partial charge in [0.05, 0.1) is 17.2 Å². The van der Waals surface area contributed by atoms with E-state index in [-0.39, 0.29) is 50.3 Å². The van der Waals surface area contributed by atoms with Crippen LogP contribution in [0.15, 0.2) is 76.0 Å². The number of alkyl halides is 6. The van der Waals surface area contributed by atoms with Gasteiger partial charge in [-0.1, -0.05) is 18.2 Å². The molecule has 0 saturated heterocycles. The number of oxazole rings is 1. The molecule has 15 heteroatoms. The van der Waals surface area contributed by atoms with Crippen LogP contribution in [0.5, 0.6) is 5.75 Å². The van der Waals surface area contributed by atoms with Crippen molar-refractivity contribution in [1.82, 2.24) is 14.8 Å². The largest absolute Gasteiger partial charge is 0.573 e. The molecule has 0 aliphatic carbocycles. The van der Waals surface area contributed by atoms with E-state index in [9.17, 15) is 39.9 Å². The van der Waals surface area contributed by atoms with E-state index in [1.165, 1.54) is 44.2 Å². The highest BCUT2D eigenvalue weighted by molar-refractivity contribution is 7.90. The zero-order chi connectivity index (χ0) is 32.9. The molecule has 5 rings (SSSR count). The molecule has 5 aromatic rings. The highest BCUT2D eigenvalue weighted by Gasteiger charge is 2.35. The molecule has 8 nitrogen and oxygen atoms in total. The lowest BCUT2D eigenvalue weighted by Crippen LogP contribution is -2.16. The second-order valence-corrected chi connectivity index (χ2v) is 12.0. The molecule has 0 bridgehead atoms. The molecular formula is C30H23F6N3O5S. The SMILES string of the molecule is Cc1nc(-c2cc(-c3ccc(CO)c(S(C)(=O)=O)c3)ccc2-n2nc(C(F)(F)F)cc2C)c(-c2ccc(OC(F)(F)F)cc2)o1. The summed E-state index contributed by atoms with van der Waals surface area (Å²) in [5, 5.41) is 13.4. The first-order valence-electron chi connectivity index (χ1n) is 13.0. The van der Waals surface area contributed by atoms with Crippen LogP contribution in [0, 0.1) is 13.8 Å². The molecule has 45 heavy (non-hydrogen) atoms. The molecule has 0 saturated carbocycles. The average Bonchev–Trinajstić information content (AvgIpc) is 3.54. The molecule has 0 unspecified atom stereocenters. The summed E-state index contributed by atoms with van der Waals surface area (Å²) < 4.78 is 115. The zero-order valence-electron chi connectivity index (χ0n) is 23.7. The van der Waals surface area contributed by atoms with Crippen molar-refractivity contribution in [3.05, 3.63) is 89.6 Å². The number of halogens is 6. The predicted octanol–water partition coefficient (Wildman–Crippen LogP) is 7.29. The fraction of sp³-hybridized carbons (Fsp3) is 0.200. The zero-order valence-corrected chi connectivity index (χ0v) is 24.5. The highest BCUT2D eigenvalue weighted by Crippen LogP contribution is 2.40. The summed E-state index contributed by atoms with van der Waals surface area (Å²) in [6.45, 7) is 2.42. The standard InChI is InChI=1S/C30H23F6N3O5S/c1-16-12-26(29(31,32)33)38-39(16)24-11-8-19(20-4-5-21(15-40)25(14-20)45(3,41)42)13-23(24)27-28(43-17(2)37-27)18-6-9-22(10-7-18)44-30(34,35)36/h4-14,40H,15H2,1-3H3. The Balaban J connectivity index is 1.73. The number of aromatic nitrogens is 3. The molecule has 0 amide bonds. The molecular weight excluding hydrogens is 628 g/mol. The first kappa shape index (κ1) is 31.8. The van der Waals surface area contributed by atoms with Crippen LogP contribution in [-0.2, 0) is 22.6 Å². The number of rotatable bonds is 7. The van der Waals surface area contributed by atoms with Crippen molar-refractivity contribution < 1.29 is 49.0 Å².